The lowest BCUT2D eigenvalue weighted by Crippen LogP contribution is -2.49. The van der Waals surface area contributed by atoms with Gasteiger partial charge < -0.3 is 9.76 Å². The number of rotatable bonds is 4. The van der Waals surface area contributed by atoms with Gasteiger partial charge in [0.2, 0.25) is 0 Å². The highest BCUT2D eigenvalue weighted by atomic mass is 16.5. The van der Waals surface area contributed by atoms with E-state index in [-0.39, 0.29) is 0 Å². The van der Waals surface area contributed by atoms with Crippen molar-refractivity contribution in [1.82, 2.24) is 0 Å². The van der Waals surface area contributed by atoms with Crippen molar-refractivity contribution in [2.24, 2.45) is 0 Å². The third-order valence-electron chi connectivity index (χ3n) is 5.73. The van der Waals surface area contributed by atoms with Crippen molar-refractivity contribution in [3.05, 3.63) is 66.7 Å². The van der Waals surface area contributed by atoms with Crippen molar-refractivity contribution >= 4 is 45.3 Å². The van der Waals surface area contributed by atoms with Crippen LogP contribution >= 0.6 is 0 Å². The molecular formula is C24H24BO2. The molecule has 2 nitrogen and oxygen atoms in total. The maximum atomic E-state index is 10.4. The second-order valence-corrected chi connectivity index (χ2v) is 8.20. The second kappa shape index (κ2) is 6.37. The van der Waals surface area contributed by atoms with E-state index in [0.29, 0.717) is 0 Å². The van der Waals surface area contributed by atoms with E-state index in [2.05, 4.69) is 66.7 Å². The molecule has 0 fully saturated rings. The molecule has 1 N–H and O–H groups in total. The molecular weight excluding hydrogens is 331 g/mol. The molecule has 3 heteroatoms. The first kappa shape index (κ1) is 18.0. The highest BCUT2D eigenvalue weighted by Crippen LogP contribution is 2.31. The molecule has 0 saturated heterocycles. The number of benzene rings is 4. The minimum absolute atomic E-state index is 0.702. The van der Waals surface area contributed by atoms with E-state index in [1.807, 2.05) is 13.8 Å². The first-order chi connectivity index (χ1) is 12.8. The van der Waals surface area contributed by atoms with Crippen LogP contribution in [0.1, 0.15) is 27.7 Å². The van der Waals surface area contributed by atoms with Crippen LogP contribution in [0.2, 0.25) is 0 Å². The third kappa shape index (κ3) is 3.11. The molecule has 0 aliphatic carbocycles. The van der Waals surface area contributed by atoms with E-state index >= 15 is 0 Å². The van der Waals surface area contributed by atoms with Crippen LogP contribution in [0.4, 0.5) is 0 Å². The summed E-state index contributed by atoms with van der Waals surface area (Å²) < 4.78 is 6.05. The monoisotopic (exact) mass is 355 g/mol. The summed E-state index contributed by atoms with van der Waals surface area (Å²) in [5.74, 6) is 0. The predicted molar refractivity (Wildman–Crippen MR) is 116 cm³/mol. The van der Waals surface area contributed by atoms with E-state index in [1.165, 1.54) is 26.9 Å². The van der Waals surface area contributed by atoms with Gasteiger partial charge in [-0.1, -0.05) is 66.7 Å². The minimum Gasteiger partial charge on any atom is -0.427 e. The first-order valence-corrected chi connectivity index (χ1v) is 9.34. The molecule has 0 aliphatic heterocycles. The molecule has 0 aromatic heterocycles. The average molecular weight is 355 g/mol. The van der Waals surface area contributed by atoms with Crippen molar-refractivity contribution < 1.29 is 9.76 Å². The van der Waals surface area contributed by atoms with E-state index in [1.54, 1.807) is 21.3 Å². The fourth-order valence-electron chi connectivity index (χ4n) is 3.36. The Morgan fingerprint density at radius 1 is 0.741 bits per heavy atom. The van der Waals surface area contributed by atoms with Gasteiger partial charge in [-0.15, -0.1) is 0 Å². The Morgan fingerprint density at radius 2 is 1.33 bits per heavy atom. The fraction of sp³-hybridized carbons (Fsp3) is 0.250. The summed E-state index contributed by atoms with van der Waals surface area (Å²) in [4.78, 5) is 0. The molecule has 135 valence electrons. The Balaban J connectivity index is 1.91. The maximum absolute atomic E-state index is 10.4. The minimum atomic E-state index is -0.952. The van der Waals surface area contributed by atoms with Crippen LogP contribution in [-0.4, -0.2) is 23.8 Å². The summed E-state index contributed by atoms with van der Waals surface area (Å²) in [7, 11) is 1.79. The molecule has 0 heterocycles. The van der Waals surface area contributed by atoms with Gasteiger partial charge in [-0.05, 0) is 65.5 Å². The topological polar surface area (TPSA) is 29.5 Å². The van der Waals surface area contributed by atoms with Crippen molar-refractivity contribution in [2.45, 2.75) is 38.9 Å². The van der Waals surface area contributed by atoms with Gasteiger partial charge in [0.15, 0.2) is 0 Å². The van der Waals surface area contributed by atoms with Gasteiger partial charge in [-0.3, -0.25) is 0 Å². The molecule has 1 radical (unpaired) electrons. The number of hydrogen-bond acceptors (Lipinski definition) is 2. The largest absolute Gasteiger partial charge is 0.427 e. The summed E-state index contributed by atoms with van der Waals surface area (Å²) in [5.41, 5.74) is -0.635. The SMILES string of the molecule is CC(C)(O)C(C)(C)O[B]c1cc2ccc3ccccc3c2c2ccccc12. The second-order valence-electron chi connectivity index (χ2n) is 8.20. The molecule has 4 rings (SSSR count). The molecule has 4 aromatic carbocycles. The fourth-order valence-corrected chi connectivity index (χ4v) is 3.36. The van der Waals surface area contributed by atoms with Crippen LogP contribution < -0.4 is 5.46 Å². The standard InChI is InChI=1S/C24H24BO2/c1-23(2,26)24(3,4)27-25-21-15-17-14-13-16-9-5-6-10-18(16)22(17)20-12-8-7-11-19(20)21/h5-15,26H,1-4H3. The van der Waals surface area contributed by atoms with Crippen LogP contribution in [0.3, 0.4) is 0 Å². The third-order valence-corrected chi connectivity index (χ3v) is 5.73. The van der Waals surface area contributed by atoms with Gasteiger partial charge >= 0.3 is 7.48 Å². The lowest BCUT2D eigenvalue weighted by Gasteiger charge is -2.37. The van der Waals surface area contributed by atoms with Gasteiger partial charge in [0.25, 0.3) is 0 Å². The molecule has 27 heavy (non-hydrogen) atoms. The van der Waals surface area contributed by atoms with Gasteiger partial charge in [0, 0.05) is 0 Å². The molecule has 0 spiro atoms. The summed E-state index contributed by atoms with van der Waals surface area (Å²) in [6.07, 6.45) is 0. The molecule has 0 aliphatic rings. The highest BCUT2D eigenvalue weighted by Gasteiger charge is 2.35. The van der Waals surface area contributed by atoms with Crippen molar-refractivity contribution in [3.63, 3.8) is 0 Å². The Hall–Kier alpha value is -2.36. The molecule has 0 saturated carbocycles. The van der Waals surface area contributed by atoms with Gasteiger partial charge in [-0.2, -0.15) is 0 Å². The van der Waals surface area contributed by atoms with Crippen LogP contribution in [-0.2, 0) is 4.65 Å². The van der Waals surface area contributed by atoms with Crippen LogP contribution in [0.15, 0.2) is 66.7 Å². The van der Waals surface area contributed by atoms with Crippen molar-refractivity contribution in [1.29, 1.82) is 0 Å². The predicted octanol–water partition coefficient (Wildman–Crippen LogP) is 4.96. The zero-order valence-electron chi connectivity index (χ0n) is 16.3. The number of aliphatic hydroxyl groups is 1. The molecule has 0 unspecified atom stereocenters. The lowest BCUT2D eigenvalue weighted by atomic mass is 9.78. The molecule has 0 amide bonds. The van der Waals surface area contributed by atoms with Gasteiger partial charge in [0.05, 0.1) is 11.2 Å². The summed E-state index contributed by atoms with van der Waals surface area (Å²) in [6, 6.07) is 23.4. The summed E-state index contributed by atoms with van der Waals surface area (Å²) >= 11 is 0. The number of fused-ring (bicyclic) bond motifs is 5. The summed E-state index contributed by atoms with van der Waals surface area (Å²) in [5, 5.41) is 17.7. The van der Waals surface area contributed by atoms with Gasteiger partial charge in [-0.25, -0.2) is 0 Å². The smallest absolute Gasteiger partial charge is 0.331 e. The van der Waals surface area contributed by atoms with E-state index in [9.17, 15) is 5.11 Å². The lowest BCUT2D eigenvalue weighted by molar-refractivity contribution is -0.0893. The van der Waals surface area contributed by atoms with E-state index < -0.39 is 11.2 Å². The molecule has 4 aromatic rings. The zero-order valence-corrected chi connectivity index (χ0v) is 16.3. The van der Waals surface area contributed by atoms with Crippen LogP contribution in [0.5, 0.6) is 0 Å². The summed E-state index contributed by atoms with van der Waals surface area (Å²) in [6.45, 7) is 7.34. The molecule has 0 bridgehead atoms. The Labute approximate surface area is 161 Å². The highest BCUT2D eigenvalue weighted by molar-refractivity contribution is 6.53. The van der Waals surface area contributed by atoms with Crippen molar-refractivity contribution in [2.75, 3.05) is 0 Å². The normalized spacial score (nSPS) is 12.8. The van der Waals surface area contributed by atoms with E-state index in [4.69, 9.17) is 4.65 Å². The molecule has 0 atom stereocenters. The van der Waals surface area contributed by atoms with Crippen LogP contribution in [0, 0.1) is 0 Å². The Bertz CT molecular complexity index is 1140. The van der Waals surface area contributed by atoms with Crippen molar-refractivity contribution in [3.8, 4) is 0 Å². The van der Waals surface area contributed by atoms with Crippen LogP contribution in [0.25, 0.3) is 32.3 Å². The maximum Gasteiger partial charge on any atom is 0.331 e. The van der Waals surface area contributed by atoms with E-state index in [0.717, 1.165) is 10.8 Å². The quantitative estimate of drug-likeness (QED) is 0.414. The Morgan fingerprint density at radius 3 is 2.04 bits per heavy atom. The number of hydrogen-bond donors (Lipinski definition) is 1. The zero-order chi connectivity index (χ0) is 19.2. The van der Waals surface area contributed by atoms with Gasteiger partial charge in [0.1, 0.15) is 0 Å². The Kier molecular flexibility index (Phi) is 4.25. The average Bonchev–Trinajstić information content (AvgIpc) is 2.64. The first-order valence-electron chi connectivity index (χ1n) is 9.34.